The lowest BCUT2D eigenvalue weighted by atomic mass is 10.1. The largest absolute Gasteiger partial charge is 0.495 e. The minimum absolute atomic E-state index is 0.0287. The highest BCUT2D eigenvalue weighted by molar-refractivity contribution is 7.92. The number of hydrogen-bond donors (Lipinski definition) is 2. The third kappa shape index (κ3) is 6.50. The Morgan fingerprint density at radius 3 is 2.17 bits per heavy atom. The maximum Gasteiger partial charge on any atom is 0.264 e. The summed E-state index contributed by atoms with van der Waals surface area (Å²) in [6.07, 6.45) is 0. The van der Waals surface area contributed by atoms with Crippen molar-refractivity contribution in [2.75, 3.05) is 23.3 Å². The number of ether oxygens (including phenoxy) is 1. The normalized spacial score (nSPS) is 11.8. The van der Waals surface area contributed by atoms with Gasteiger partial charge in [-0.05, 0) is 61.4 Å². The number of carbonyl (C=O) groups excluding carboxylic acids is 2. The van der Waals surface area contributed by atoms with Crippen molar-refractivity contribution >= 4 is 33.2 Å². The molecule has 4 aromatic carbocycles. The molecule has 0 aromatic heterocycles. The second kappa shape index (κ2) is 12.5. The molecule has 0 bridgehead atoms. The summed E-state index contributed by atoms with van der Waals surface area (Å²) in [6, 6.07) is 28.8. The lowest BCUT2D eigenvalue weighted by Crippen LogP contribution is -2.38. The average molecular weight is 558 g/mol. The molecule has 40 heavy (non-hydrogen) atoms. The fourth-order valence-electron chi connectivity index (χ4n) is 4.22. The summed E-state index contributed by atoms with van der Waals surface area (Å²) >= 11 is 0. The molecule has 0 radical (unpaired) electrons. The summed E-state index contributed by atoms with van der Waals surface area (Å²) in [5, 5.41) is 5.68. The molecule has 8 nitrogen and oxygen atoms in total. The Labute approximate surface area is 234 Å². The van der Waals surface area contributed by atoms with Gasteiger partial charge in [0.25, 0.3) is 15.9 Å². The summed E-state index contributed by atoms with van der Waals surface area (Å²) in [5.74, 6) is -0.701. The van der Waals surface area contributed by atoms with E-state index in [-0.39, 0.29) is 33.8 Å². The van der Waals surface area contributed by atoms with Gasteiger partial charge in [0.2, 0.25) is 5.91 Å². The third-order valence-electron chi connectivity index (χ3n) is 6.31. The van der Waals surface area contributed by atoms with Gasteiger partial charge in [-0.1, -0.05) is 66.7 Å². The van der Waals surface area contributed by atoms with Gasteiger partial charge in [-0.15, -0.1) is 0 Å². The molecule has 206 valence electrons. The number of methoxy groups -OCH3 is 1. The van der Waals surface area contributed by atoms with E-state index in [0.717, 1.165) is 15.4 Å². The van der Waals surface area contributed by atoms with Gasteiger partial charge in [0.05, 0.1) is 35.0 Å². The molecular formula is C31H31N3O5S. The Morgan fingerprint density at radius 2 is 1.50 bits per heavy atom. The summed E-state index contributed by atoms with van der Waals surface area (Å²) in [5.41, 5.74) is 2.47. The second-order valence-corrected chi connectivity index (χ2v) is 11.1. The Morgan fingerprint density at radius 1 is 0.875 bits per heavy atom. The quantitative estimate of drug-likeness (QED) is 0.274. The molecule has 4 rings (SSSR count). The van der Waals surface area contributed by atoms with Gasteiger partial charge >= 0.3 is 0 Å². The average Bonchev–Trinajstić information content (AvgIpc) is 2.97. The van der Waals surface area contributed by atoms with E-state index in [4.69, 9.17) is 4.74 Å². The van der Waals surface area contributed by atoms with Crippen LogP contribution in [0.15, 0.2) is 108 Å². The standard InChI is InChI=1S/C31H31N3O5S/c1-22-18-19-29(39-3)28(20-22)34(40(37,38)25-14-8-5-9-15-25)21-30(35)33-27-17-11-10-16-26(27)31(36)32-23(2)24-12-6-4-7-13-24/h4-20,23H,21H2,1-3H3,(H,32,36)(H,33,35)/t23-/m1/s1. The third-order valence-corrected chi connectivity index (χ3v) is 8.09. The van der Waals surface area contributed by atoms with Crippen LogP contribution in [0, 0.1) is 6.92 Å². The van der Waals surface area contributed by atoms with Crippen molar-refractivity contribution in [3.63, 3.8) is 0 Å². The molecule has 2 amide bonds. The van der Waals surface area contributed by atoms with E-state index >= 15 is 0 Å². The van der Waals surface area contributed by atoms with Gasteiger partial charge in [-0.2, -0.15) is 0 Å². The lowest BCUT2D eigenvalue weighted by Gasteiger charge is -2.26. The van der Waals surface area contributed by atoms with Gasteiger partial charge in [-0.3, -0.25) is 13.9 Å². The summed E-state index contributed by atoms with van der Waals surface area (Å²) < 4.78 is 34.0. The number of carbonyl (C=O) groups is 2. The van der Waals surface area contributed by atoms with Gasteiger partial charge in [-0.25, -0.2) is 8.42 Å². The minimum atomic E-state index is -4.15. The van der Waals surface area contributed by atoms with Crippen molar-refractivity contribution < 1.29 is 22.7 Å². The van der Waals surface area contributed by atoms with Crippen LogP contribution in [-0.4, -0.2) is 33.9 Å². The zero-order valence-corrected chi connectivity index (χ0v) is 23.3. The van der Waals surface area contributed by atoms with Crippen LogP contribution in [-0.2, 0) is 14.8 Å². The summed E-state index contributed by atoms with van der Waals surface area (Å²) in [7, 11) is -2.71. The Bertz CT molecular complexity index is 1590. The first-order valence-electron chi connectivity index (χ1n) is 12.7. The van der Waals surface area contributed by atoms with Crippen molar-refractivity contribution in [2.45, 2.75) is 24.8 Å². The number of amides is 2. The topological polar surface area (TPSA) is 105 Å². The molecule has 4 aromatic rings. The molecule has 0 unspecified atom stereocenters. The molecule has 0 saturated carbocycles. The van der Waals surface area contributed by atoms with Gasteiger partial charge in [0.1, 0.15) is 12.3 Å². The maximum atomic E-state index is 13.8. The first kappa shape index (κ1) is 28.4. The van der Waals surface area contributed by atoms with Crippen LogP contribution in [0.3, 0.4) is 0 Å². The van der Waals surface area contributed by atoms with E-state index in [1.165, 1.54) is 19.2 Å². The van der Waals surface area contributed by atoms with Crippen LogP contribution in [0.4, 0.5) is 11.4 Å². The first-order valence-corrected chi connectivity index (χ1v) is 14.1. The molecule has 2 N–H and O–H groups in total. The van der Waals surface area contributed by atoms with Crippen LogP contribution in [0.2, 0.25) is 0 Å². The Kier molecular flexibility index (Phi) is 8.86. The Hall–Kier alpha value is -4.63. The predicted molar refractivity (Wildman–Crippen MR) is 156 cm³/mol. The molecule has 0 aliphatic carbocycles. The highest BCUT2D eigenvalue weighted by Gasteiger charge is 2.30. The molecule has 0 aliphatic rings. The number of nitrogens with zero attached hydrogens (tertiary/aromatic N) is 1. The molecule has 0 aliphatic heterocycles. The number of sulfonamides is 1. The number of benzene rings is 4. The number of nitrogens with one attached hydrogen (secondary N) is 2. The highest BCUT2D eigenvalue weighted by atomic mass is 32.2. The van der Waals surface area contributed by atoms with Gasteiger partial charge in [0.15, 0.2) is 0 Å². The Balaban J connectivity index is 1.62. The van der Waals surface area contributed by atoms with Crippen molar-refractivity contribution in [3.8, 4) is 5.75 Å². The highest BCUT2D eigenvalue weighted by Crippen LogP contribution is 2.33. The fraction of sp³-hybridized carbons (Fsp3) is 0.161. The van der Waals surface area contributed by atoms with Crippen LogP contribution in [0.25, 0.3) is 0 Å². The van der Waals surface area contributed by atoms with Crippen molar-refractivity contribution in [2.24, 2.45) is 0 Å². The molecule has 9 heteroatoms. The van der Waals surface area contributed by atoms with Crippen molar-refractivity contribution in [1.29, 1.82) is 0 Å². The molecule has 1 atom stereocenters. The van der Waals surface area contributed by atoms with E-state index in [1.807, 2.05) is 44.2 Å². The molecular weight excluding hydrogens is 526 g/mol. The van der Waals surface area contributed by atoms with Crippen molar-refractivity contribution in [1.82, 2.24) is 5.32 Å². The zero-order chi connectivity index (χ0) is 28.7. The van der Waals surface area contributed by atoms with Crippen LogP contribution < -0.4 is 19.7 Å². The summed E-state index contributed by atoms with van der Waals surface area (Å²) in [4.78, 5) is 26.6. The summed E-state index contributed by atoms with van der Waals surface area (Å²) in [6.45, 7) is 3.14. The number of aryl methyl sites for hydroxylation is 1. The van der Waals surface area contributed by atoms with Gasteiger partial charge in [0, 0.05) is 0 Å². The number of rotatable bonds is 10. The van der Waals surface area contributed by atoms with E-state index in [1.54, 1.807) is 60.7 Å². The SMILES string of the molecule is COc1ccc(C)cc1N(CC(=O)Nc1ccccc1C(=O)N[C@H](C)c1ccccc1)S(=O)(=O)c1ccccc1. The van der Waals surface area contributed by atoms with E-state index in [9.17, 15) is 18.0 Å². The second-order valence-electron chi connectivity index (χ2n) is 9.20. The van der Waals surface area contributed by atoms with Crippen LogP contribution in [0.5, 0.6) is 5.75 Å². The molecule has 0 spiro atoms. The number of hydrogen-bond acceptors (Lipinski definition) is 5. The zero-order valence-electron chi connectivity index (χ0n) is 22.5. The smallest absolute Gasteiger partial charge is 0.264 e. The van der Waals surface area contributed by atoms with Crippen LogP contribution >= 0.6 is 0 Å². The van der Waals surface area contributed by atoms with Gasteiger partial charge < -0.3 is 15.4 Å². The molecule has 0 heterocycles. The number of para-hydroxylation sites is 1. The first-order chi connectivity index (χ1) is 19.2. The van der Waals surface area contributed by atoms with E-state index in [2.05, 4.69) is 10.6 Å². The van der Waals surface area contributed by atoms with Crippen LogP contribution in [0.1, 0.15) is 34.5 Å². The number of anilines is 2. The fourth-order valence-corrected chi connectivity index (χ4v) is 5.67. The minimum Gasteiger partial charge on any atom is -0.495 e. The predicted octanol–water partition coefficient (Wildman–Crippen LogP) is 5.33. The molecule has 0 saturated heterocycles. The van der Waals surface area contributed by atoms with E-state index in [0.29, 0.717) is 5.75 Å². The van der Waals surface area contributed by atoms with E-state index < -0.39 is 22.5 Å². The lowest BCUT2D eigenvalue weighted by molar-refractivity contribution is -0.114. The maximum absolute atomic E-state index is 13.8. The van der Waals surface area contributed by atoms with Crippen molar-refractivity contribution in [3.05, 3.63) is 120 Å². The molecule has 0 fully saturated rings. The monoisotopic (exact) mass is 557 g/mol.